The predicted molar refractivity (Wildman–Crippen MR) is 150 cm³/mol. The molecule has 0 aromatic rings. The summed E-state index contributed by atoms with van der Waals surface area (Å²) in [6, 6.07) is 0. The number of carbonyl (C=O) groups is 2. The van der Waals surface area contributed by atoms with Gasteiger partial charge >= 0.3 is 0 Å². The molecule has 9 heteroatoms. The maximum Gasteiger partial charge on any atom is 0.265 e. The number of hydrogen-bond donors (Lipinski definition) is 1. The molecule has 6 fully saturated rings. The van der Waals surface area contributed by atoms with Crippen LogP contribution in [-0.2, 0) is 29.2 Å². The van der Waals surface area contributed by atoms with Crippen molar-refractivity contribution in [2.45, 2.75) is 91.9 Å². The Morgan fingerprint density at radius 1 is 0.795 bits per heavy atom. The minimum Gasteiger partial charge on any atom is -0.381 e. The van der Waals surface area contributed by atoms with Crippen molar-refractivity contribution in [1.29, 1.82) is 0 Å². The number of carbonyl (C=O) groups excluding carboxylic acids is 2. The molecule has 6 aliphatic rings. The lowest BCUT2D eigenvalue weighted by atomic mass is 9.67. The van der Waals surface area contributed by atoms with Crippen LogP contribution in [0.4, 0.5) is 0 Å². The van der Waals surface area contributed by atoms with E-state index in [1.54, 1.807) is 0 Å². The van der Waals surface area contributed by atoms with Gasteiger partial charge in [-0.1, -0.05) is 27.7 Å². The van der Waals surface area contributed by atoms with E-state index in [0.717, 1.165) is 71.7 Å². The van der Waals surface area contributed by atoms with Gasteiger partial charge < -0.3 is 9.47 Å². The number of fused-ring (bicyclic) bond motifs is 4. The number of ketones is 2. The highest BCUT2D eigenvalue weighted by Gasteiger charge is 2.65. The highest BCUT2D eigenvalue weighted by Crippen LogP contribution is 2.65. The molecule has 2 aliphatic heterocycles. The summed E-state index contributed by atoms with van der Waals surface area (Å²) in [6.07, 6.45) is 10.2. The van der Waals surface area contributed by atoms with Crippen molar-refractivity contribution in [1.82, 2.24) is 4.90 Å². The summed E-state index contributed by atoms with van der Waals surface area (Å²) in [7, 11) is -4.08. The zero-order chi connectivity index (χ0) is 28.5. The Labute approximate surface area is 235 Å². The lowest BCUT2D eigenvalue weighted by Crippen LogP contribution is -2.42. The summed E-state index contributed by atoms with van der Waals surface area (Å²) in [5.74, 6) is 1.10. The zero-order valence-electron chi connectivity index (χ0n) is 24.6. The Kier molecular flexibility index (Phi) is 9.39. The first-order valence-electron chi connectivity index (χ1n) is 15.1. The Bertz CT molecular complexity index is 987. The largest absolute Gasteiger partial charge is 0.381 e. The third-order valence-corrected chi connectivity index (χ3v) is 12.6. The van der Waals surface area contributed by atoms with Crippen molar-refractivity contribution in [3.8, 4) is 0 Å². The number of ether oxygens (including phenoxy) is 2. The second kappa shape index (κ2) is 11.8. The van der Waals surface area contributed by atoms with Gasteiger partial charge in [0.1, 0.15) is 11.6 Å². The number of nitrogens with zero attached hydrogens (tertiary/aromatic N) is 1. The third-order valence-electron chi connectivity index (χ3n) is 11.7. The summed E-state index contributed by atoms with van der Waals surface area (Å²) >= 11 is 0. The fourth-order valence-corrected chi connectivity index (χ4v) is 9.94. The molecule has 0 aromatic carbocycles. The molecular formula is C30H51NO7S. The van der Waals surface area contributed by atoms with Gasteiger partial charge in [-0.05, 0) is 80.6 Å². The van der Waals surface area contributed by atoms with E-state index in [9.17, 15) is 18.0 Å². The van der Waals surface area contributed by atoms with Gasteiger partial charge in [-0.25, -0.2) is 0 Å². The van der Waals surface area contributed by atoms with Crippen LogP contribution in [0.2, 0.25) is 0 Å². The molecule has 2 heterocycles. The number of rotatable bonds is 5. The van der Waals surface area contributed by atoms with Crippen molar-refractivity contribution < 1.29 is 32.0 Å². The van der Waals surface area contributed by atoms with E-state index in [0.29, 0.717) is 24.5 Å². The Balaban J connectivity index is 0.000000151. The number of hydrogen-bond acceptors (Lipinski definition) is 7. The lowest BCUT2D eigenvalue weighted by molar-refractivity contribution is -0.130. The van der Waals surface area contributed by atoms with E-state index in [4.69, 9.17) is 14.0 Å². The maximum atomic E-state index is 12.4. The average Bonchev–Trinajstić information content (AvgIpc) is 3.42. The first kappa shape index (κ1) is 31.1. The van der Waals surface area contributed by atoms with E-state index in [-0.39, 0.29) is 27.9 Å². The maximum absolute atomic E-state index is 12.4. The first-order chi connectivity index (χ1) is 18.3. The number of morpholine rings is 1. The SMILES string of the molecule is C1CCOCC1.CC1(C)C2CCC1(CCN1CCOCC1)C(=O)C2.CC1(C)C2CCC1(CS(=O)(=O)O)C(=O)C2. The van der Waals surface area contributed by atoms with Gasteiger partial charge in [0, 0.05) is 44.6 Å². The van der Waals surface area contributed by atoms with Crippen molar-refractivity contribution in [2.24, 2.45) is 33.5 Å². The van der Waals surface area contributed by atoms with E-state index in [2.05, 4.69) is 18.7 Å². The molecule has 4 bridgehead atoms. The highest BCUT2D eigenvalue weighted by atomic mass is 32.2. The van der Waals surface area contributed by atoms with Gasteiger partial charge in [0.05, 0.1) is 24.4 Å². The van der Waals surface area contributed by atoms with Gasteiger partial charge in [-0.2, -0.15) is 8.42 Å². The molecule has 4 aliphatic carbocycles. The molecule has 4 unspecified atom stereocenters. The standard InChI is InChI=1S/C15H25NO2.C10H16O4S.C5H10O/c1-14(2)12-3-4-15(14,13(17)11-12)5-6-16-7-9-18-10-8-16;1-9(2)7-3-4-10(9,8(11)5-7)6-15(12,13)14;1-2-4-6-5-3-1/h12H,3-11H2,1-2H3;7H,3-6H2,1-2H3,(H,12,13,14);1-5H2. The highest BCUT2D eigenvalue weighted by molar-refractivity contribution is 7.85. The van der Waals surface area contributed by atoms with Crippen LogP contribution < -0.4 is 0 Å². The molecule has 2 saturated heterocycles. The van der Waals surface area contributed by atoms with Crippen LogP contribution in [0.1, 0.15) is 91.9 Å². The van der Waals surface area contributed by atoms with Crippen molar-refractivity contribution in [3.05, 3.63) is 0 Å². The van der Waals surface area contributed by atoms with Crippen LogP contribution in [0.25, 0.3) is 0 Å². The summed E-state index contributed by atoms with van der Waals surface area (Å²) in [4.78, 5) is 26.7. The van der Waals surface area contributed by atoms with E-state index >= 15 is 0 Å². The molecule has 4 atom stereocenters. The van der Waals surface area contributed by atoms with Crippen LogP contribution >= 0.6 is 0 Å². The normalized spacial score (nSPS) is 36.7. The molecule has 0 radical (unpaired) electrons. The van der Waals surface area contributed by atoms with E-state index in [1.165, 1.54) is 25.7 Å². The Hall–Kier alpha value is -0.870. The summed E-state index contributed by atoms with van der Waals surface area (Å²) in [6.45, 7) is 15.4. The van der Waals surface area contributed by atoms with Crippen LogP contribution in [0, 0.1) is 33.5 Å². The average molecular weight is 570 g/mol. The molecular weight excluding hydrogens is 518 g/mol. The van der Waals surface area contributed by atoms with Gasteiger partial charge in [0.15, 0.2) is 0 Å². The monoisotopic (exact) mass is 569 g/mol. The predicted octanol–water partition coefficient (Wildman–Crippen LogP) is 4.56. The quantitative estimate of drug-likeness (QED) is 0.480. The Morgan fingerprint density at radius 3 is 1.64 bits per heavy atom. The number of Topliss-reactive ketones (excluding diaryl/α,β-unsaturated/α-hetero) is 2. The van der Waals surface area contributed by atoms with Crippen molar-refractivity contribution in [2.75, 3.05) is 51.8 Å². The van der Waals surface area contributed by atoms with Gasteiger partial charge in [0.2, 0.25) is 0 Å². The molecule has 0 spiro atoms. The van der Waals surface area contributed by atoms with E-state index in [1.807, 2.05) is 13.8 Å². The van der Waals surface area contributed by atoms with Gasteiger partial charge in [-0.15, -0.1) is 0 Å². The summed E-state index contributed by atoms with van der Waals surface area (Å²) < 4.78 is 41.4. The van der Waals surface area contributed by atoms with Gasteiger partial charge in [0.25, 0.3) is 10.1 Å². The molecule has 0 aromatic heterocycles. The summed E-state index contributed by atoms with van der Waals surface area (Å²) in [5.41, 5.74) is -0.891. The minimum absolute atomic E-state index is 0.00400. The van der Waals surface area contributed by atoms with E-state index < -0.39 is 21.3 Å². The van der Waals surface area contributed by atoms with Crippen molar-refractivity contribution >= 4 is 21.7 Å². The van der Waals surface area contributed by atoms with Crippen LogP contribution in [0.3, 0.4) is 0 Å². The lowest BCUT2D eigenvalue weighted by Gasteiger charge is -2.38. The molecule has 4 saturated carbocycles. The molecule has 224 valence electrons. The topological polar surface area (TPSA) is 110 Å². The van der Waals surface area contributed by atoms with Crippen LogP contribution in [-0.4, -0.2) is 81.3 Å². The molecule has 6 rings (SSSR count). The third kappa shape index (κ3) is 6.04. The fraction of sp³-hybridized carbons (Fsp3) is 0.933. The molecule has 0 amide bonds. The molecule has 39 heavy (non-hydrogen) atoms. The molecule has 8 nitrogen and oxygen atoms in total. The second-order valence-corrected chi connectivity index (χ2v) is 15.4. The zero-order valence-corrected chi connectivity index (χ0v) is 25.5. The van der Waals surface area contributed by atoms with Gasteiger partial charge in [-0.3, -0.25) is 19.0 Å². The fourth-order valence-electron chi connectivity index (χ4n) is 8.64. The second-order valence-electron chi connectivity index (χ2n) is 13.9. The first-order valence-corrected chi connectivity index (χ1v) is 16.8. The minimum atomic E-state index is -4.08. The van der Waals surface area contributed by atoms with Crippen molar-refractivity contribution in [3.63, 3.8) is 0 Å². The van der Waals surface area contributed by atoms with Crippen LogP contribution in [0.15, 0.2) is 0 Å². The summed E-state index contributed by atoms with van der Waals surface area (Å²) in [5, 5.41) is 0. The van der Waals surface area contributed by atoms with Crippen LogP contribution in [0.5, 0.6) is 0 Å². The Morgan fingerprint density at radius 2 is 1.28 bits per heavy atom. The molecule has 1 N–H and O–H groups in total. The smallest absolute Gasteiger partial charge is 0.265 e.